The Morgan fingerprint density at radius 3 is 2.18 bits per heavy atom. The van der Waals surface area contributed by atoms with Crippen LogP contribution in [0.2, 0.25) is 0 Å². The number of hydrogen-bond acceptors (Lipinski definition) is 3. The van der Waals surface area contributed by atoms with Crippen molar-refractivity contribution in [3.8, 4) is 0 Å². The van der Waals surface area contributed by atoms with E-state index in [0.29, 0.717) is 5.84 Å². The molecule has 4 heteroatoms. The Kier molecular flexibility index (Phi) is 4.10. The molecular weight excluding hydrogens is 140 g/mol. The summed E-state index contributed by atoms with van der Waals surface area (Å²) in [6, 6.07) is -0.298. The van der Waals surface area contributed by atoms with Gasteiger partial charge in [0.2, 0.25) is 0 Å². The first kappa shape index (κ1) is 9.81. The van der Waals surface area contributed by atoms with Gasteiger partial charge in [-0.15, -0.1) is 0 Å². The zero-order valence-electron chi connectivity index (χ0n) is 6.99. The monoisotopic (exact) mass is 154 g/mol. The molecule has 0 aliphatic heterocycles. The summed E-state index contributed by atoms with van der Waals surface area (Å²) in [4.78, 5) is 11.4. The van der Waals surface area contributed by atoms with Crippen LogP contribution in [-0.2, 0) is 0 Å². The van der Waals surface area contributed by atoms with E-state index in [1.165, 1.54) is 0 Å². The maximum Gasteiger partial charge on any atom is 0.128 e. The van der Waals surface area contributed by atoms with E-state index in [2.05, 4.69) is 28.4 Å². The molecule has 0 fully saturated rings. The zero-order chi connectivity index (χ0) is 8.85. The predicted molar refractivity (Wildman–Crippen MR) is 49.9 cm³/mol. The fourth-order valence-electron chi connectivity index (χ4n) is 0.725. The van der Waals surface area contributed by atoms with E-state index >= 15 is 0 Å². The summed E-state index contributed by atoms with van der Waals surface area (Å²) in [6.07, 6.45) is 0. The first-order valence-corrected chi connectivity index (χ1v) is 3.31. The molecule has 0 saturated heterocycles. The third-order valence-electron chi connectivity index (χ3n) is 1.50. The van der Waals surface area contributed by atoms with E-state index in [4.69, 9.17) is 5.73 Å². The molecule has 0 heterocycles. The quantitative estimate of drug-likeness (QED) is 0.454. The molecule has 0 radical (unpaired) electrons. The number of hydrogen-bond donors (Lipinski definition) is 1. The van der Waals surface area contributed by atoms with Crippen LogP contribution in [0.3, 0.4) is 0 Å². The van der Waals surface area contributed by atoms with E-state index in [-0.39, 0.29) is 12.1 Å². The van der Waals surface area contributed by atoms with Gasteiger partial charge in [-0.1, -0.05) is 0 Å². The van der Waals surface area contributed by atoms with Crippen molar-refractivity contribution >= 4 is 19.3 Å². The second-order valence-corrected chi connectivity index (χ2v) is 2.20. The Balaban J connectivity index is 4.39. The van der Waals surface area contributed by atoms with Crippen LogP contribution in [-0.4, -0.2) is 38.4 Å². The first-order chi connectivity index (χ1) is 5.17. The van der Waals surface area contributed by atoms with Gasteiger partial charge in [0, 0.05) is 7.05 Å². The number of rotatable bonds is 4. The van der Waals surface area contributed by atoms with Gasteiger partial charge in [0.05, 0.1) is 6.04 Å². The van der Waals surface area contributed by atoms with Crippen LogP contribution in [0.15, 0.2) is 15.0 Å². The summed E-state index contributed by atoms with van der Waals surface area (Å²) in [5.41, 5.74) is 5.53. The van der Waals surface area contributed by atoms with E-state index in [0.717, 1.165) is 0 Å². The molecular formula is C7H14N4. The molecule has 2 N–H and O–H groups in total. The smallest absolute Gasteiger partial charge is 0.128 e. The van der Waals surface area contributed by atoms with E-state index in [9.17, 15) is 0 Å². The summed E-state index contributed by atoms with van der Waals surface area (Å²) in [5, 5.41) is 0. The van der Waals surface area contributed by atoms with Crippen LogP contribution in [0.25, 0.3) is 0 Å². The summed E-state index contributed by atoms with van der Waals surface area (Å²) < 4.78 is 0. The molecule has 0 aromatic rings. The minimum absolute atomic E-state index is 0.0591. The highest BCUT2D eigenvalue weighted by Crippen LogP contribution is 2.01. The Morgan fingerprint density at radius 2 is 1.91 bits per heavy atom. The van der Waals surface area contributed by atoms with Gasteiger partial charge in [0.1, 0.15) is 11.9 Å². The normalized spacial score (nSPS) is 17.1. The van der Waals surface area contributed by atoms with Crippen molar-refractivity contribution in [1.82, 2.24) is 0 Å². The molecule has 0 aromatic heterocycles. The highest BCUT2D eigenvalue weighted by Gasteiger charge is 2.16. The molecule has 0 aromatic carbocycles. The molecule has 2 atom stereocenters. The predicted octanol–water partition coefficient (Wildman–Crippen LogP) is 0.132. The third kappa shape index (κ3) is 2.49. The number of nitrogens with zero attached hydrogens (tertiary/aromatic N) is 3. The maximum absolute atomic E-state index is 5.53. The van der Waals surface area contributed by atoms with E-state index in [1.54, 1.807) is 7.05 Å². The van der Waals surface area contributed by atoms with Gasteiger partial charge < -0.3 is 5.73 Å². The van der Waals surface area contributed by atoms with Crippen LogP contribution in [0.4, 0.5) is 0 Å². The Bertz CT molecular complexity index is 173. The van der Waals surface area contributed by atoms with Crippen LogP contribution >= 0.6 is 0 Å². The van der Waals surface area contributed by atoms with Gasteiger partial charge >= 0.3 is 0 Å². The second-order valence-electron chi connectivity index (χ2n) is 2.20. The van der Waals surface area contributed by atoms with Crippen LogP contribution in [0, 0.1) is 0 Å². The van der Waals surface area contributed by atoms with Crippen LogP contribution in [0.1, 0.15) is 6.92 Å². The molecule has 0 aliphatic rings. The van der Waals surface area contributed by atoms with Gasteiger partial charge in [-0.25, -0.2) is 0 Å². The molecule has 0 aliphatic carbocycles. The molecule has 0 amide bonds. The third-order valence-corrected chi connectivity index (χ3v) is 1.50. The Hall–Kier alpha value is -1.19. The minimum Gasteiger partial charge on any atom is -0.386 e. The van der Waals surface area contributed by atoms with Gasteiger partial charge in [-0.2, -0.15) is 0 Å². The summed E-state index contributed by atoms with van der Waals surface area (Å²) in [5.74, 6) is 0.444. The second kappa shape index (κ2) is 4.60. The standard InChI is InChI=1S/C7H14N4/c1-5(9-2)6(10-3)7(8)11-4/h5-6H,2-3H2,1,4H3,(H2,8,11). The summed E-state index contributed by atoms with van der Waals surface area (Å²) in [6.45, 7) is 8.66. The van der Waals surface area contributed by atoms with Crippen molar-refractivity contribution < 1.29 is 0 Å². The fourth-order valence-corrected chi connectivity index (χ4v) is 0.725. The van der Waals surface area contributed by atoms with Gasteiger partial charge in [0.15, 0.2) is 0 Å². The molecule has 0 bridgehead atoms. The molecule has 2 unspecified atom stereocenters. The van der Waals surface area contributed by atoms with Crippen molar-refractivity contribution in [2.75, 3.05) is 7.05 Å². The zero-order valence-corrected chi connectivity index (χ0v) is 6.99. The van der Waals surface area contributed by atoms with Crippen molar-refractivity contribution in [3.05, 3.63) is 0 Å². The maximum atomic E-state index is 5.53. The van der Waals surface area contributed by atoms with Crippen molar-refractivity contribution in [2.45, 2.75) is 19.0 Å². The van der Waals surface area contributed by atoms with E-state index < -0.39 is 0 Å². The highest BCUT2D eigenvalue weighted by molar-refractivity contribution is 5.87. The lowest BCUT2D eigenvalue weighted by Crippen LogP contribution is -2.34. The SMILES string of the molecule is C=NC(C)C(N=C)/C(N)=N\C. The van der Waals surface area contributed by atoms with Crippen molar-refractivity contribution in [3.63, 3.8) is 0 Å². The summed E-state index contributed by atoms with van der Waals surface area (Å²) in [7, 11) is 1.61. The average molecular weight is 154 g/mol. The van der Waals surface area contributed by atoms with Crippen molar-refractivity contribution in [1.29, 1.82) is 0 Å². The average Bonchev–Trinajstić information content (AvgIpc) is 2.05. The van der Waals surface area contributed by atoms with E-state index in [1.807, 2.05) is 6.92 Å². The largest absolute Gasteiger partial charge is 0.386 e. The number of nitrogens with two attached hydrogens (primary N) is 1. The van der Waals surface area contributed by atoms with Gasteiger partial charge in [-0.3, -0.25) is 15.0 Å². The number of aliphatic imine (C=N–C) groups is 3. The lowest BCUT2D eigenvalue weighted by atomic mass is 10.1. The minimum atomic E-state index is -0.238. The van der Waals surface area contributed by atoms with Gasteiger partial charge in [-0.05, 0) is 20.4 Å². The highest BCUT2D eigenvalue weighted by atomic mass is 15.0. The molecule has 0 saturated carbocycles. The molecule has 0 spiro atoms. The number of amidine groups is 1. The van der Waals surface area contributed by atoms with Gasteiger partial charge in [0.25, 0.3) is 0 Å². The topological polar surface area (TPSA) is 63.1 Å². The molecule has 0 rings (SSSR count). The first-order valence-electron chi connectivity index (χ1n) is 3.31. The lowest BCUT2D eigenvalue weighted by molar-refractivity contribution is 0.684. The van der Waals surface area contributed by atoms with Crippen LogP contribution < -0.4 is 5.73 Å². The molecule has 4 nitrogen and oxygen atoms in total. The summed E-state index contributed by atoms with van der Waals surface area (Å²) >= 11 is 0. The molecule has 11 heavy (non-hydrogen) atoms. The van der Waals surface area contributed by atoms with Crippen molar-refractivity contribution in [2.24, 2.45) is 20.7 Å². The lowest BCUT2D eigenvalue weighted by Gasteiger charge is -2.14. The fraction of sp³-hybridized carbons (Fsp3) is 0.571. The Morgan fingerprint density at radius 1 is 1.36 bits per heavy atom. The van der Waals surface area contributed by atoms with Crippen LogP contribution in [0.5, 0.6) is 0 Å². The Labute approximate surface area is 67.0 Å². The molecule has 62 valence electrons.